The van der Waals surface area contributed by atoms with E-state index in [0.29, 0.717) is 60.9 Å². The molecule has 0 amide bonds. The highest BCUT2D eigenvalue weighted by atomic mass is 35.5. The average molecular weight is 752 g/mol. The first kappa shape index (κ1) is 37.4. The number of ether oxygens (including phenoxy) is 5. The Kier molecular flexibility index (Phi) is 12.4. The first-order chi connectivity index (χ1) is 24.6. The van der Waals surface area contributed by atoms with Crippen LogP contribution in [0.15, 0.2) is 88.3 Å². The van der Waals surface area contributed by atoms with Crippen molar-refractivity contribution < 1.29 is 33.3 Å². The Bertz CT molecular complexity index is 2190. The highest BCUT2D eigenvalue weighted by Crippen LogP contribution is 2.36. The van der Waals surface area contributed by atoms with Crippen LogP contribution in [0.2, 0.25) is 10.0 Å². The fourth-order valence-electron chi connectivity index (χ4n) is 5.47. The molecule has 266 valence electrons. The van der Waals surface area contributed by atoms with E-state index < -0.39 is 18.0 Å². The number of allylic oxidation sites excluding steroid dienone is 2. The zero-order valence-corrected chi connectivity index (χ0v) is 30.8. The van der Waals surface area contributed by atoms with Gasteiger partial charge in [0, 0.05) is 0 Å². The zero-order chi connectivity index (χ0) is 36.7. The maximum Gasteiger partial charge on any atom is 0.343 e. The molecule has 0 fully saturated rings. The number of aromatic nitrogens is 1. The molecule has 5 rings (SSSR count). The third-order valence-corrected chi connectivity index (χ3v) is 9.52. The number of hydrogen-bond donors (Lipinski definition) is 0. The Hall–Kier alpha value is -4.84. The highest BCUT2D eigenvalue weighted by Gasteiger charge is 2.34. The van der Waals surface area contributed by atoms with E-state index in [-0.39, 0.29) is 31.0 Å². The van der Waals surface area contributed by atoms with Gasteiger partial charge in [-0.3, -0.25) is 9.36 Å². The number of carbonyl (C=O) groups is 2. The van der Waals surface area contributed by atoms with Crippen LogP contribution in [-0.4, -0.2) is 43.4 Å². The number of esters is 2. The van der Waals surface area contributed by atoms with E-state index in [1.807, 2.05) is 31.2 Å². The van der Waals surface area contributed by atoms with E-state index in [4.69, 9.17) is 46.9 Å². The minimum atomic E-state index is -0.884. The monoisotopic (exact) mass is 750 g/mol. The number of carbonyl (C=O) groups excluding carboxylic acids is 2. The highest BCUT2D eigenvalue weighted by molar-refractivity contribution is 7.07. The van der Waals surface area contributed by atoms with Crippen LogP contribution in [0.3, 0.4) is 0 Å². The van der Waals surface area contributed by atoms with Crippen molar-refractivity contribution in [2.45, 2.75) is 39.8 Å². The molecule has 3 aromatic carbocycles. The first-order valence-electron chi connectivity index (χ1n) is 16.0. The van der Waals surface area contributed by atoms with Gasteiger partial charge in [0.1, 0.15) is 12.4 Å². The van der Waals surface area contributed by atoms with E-state index >= 15 is 0 Å². The molecular formula is C38H36Cl2N2O8S. The lowest BCUT2D eigenvalue weighted by molar-refractivity contribution is -0.143. The molecule has 13 heteroatoms. The molecule has 0 radical (unpaired) electrons. The molecule has 0 spiro atoms. The molecule has 2 heterocycles. The number of rotatable bonds is 14. The predicted octanol–water partition coefficient (Wildman–Crippen LogP) is 6.36. The number of methoxy groups -OCH3 is 1. The van der Waals surface area contributed by atoms with E-state index in [1.54, 1.807) is 56.3 Å². The summed E-state index contributed by atoms with van der Waals surface area (Å²) in [5.41, 5.74) is 3.37. The fraction of sp³-hybridized carbons (Fsp3) is 0.263. The van der Waals surface area contributed by atoms with E-state index in [1.165, 1.54) is 23.0 Å². The van der Waals surface area contributed by atoms with Crippen molar-refractivity contribution in [2.75, 3.05) is 26.9 Å². The SMILES string of the molecule is C=CCc1cc(/C=c2\sc3n(c2=O)[C@H](c2ccc(OCC(=O)OC)c(OCC)c2)C(C(=O)OCC)=C(C)N=3)ccc1OCc1ccc(Cl)c(Cl)c1. The summed E-state index contributed by atoms with van der Waals surface area (Å²) >= 11 is 13.4. The molecular weight excluding hydrogens is 715 g/mol. The molecule has 0 unspecified atom stereocenters. The number of benzene rings is 3. The van der Waals surface area contributed by atoms with E-state index in [9.17, 15) is 14.4 Å². The van der Waals surface area contributed by atoms with Crippen LogP contribution in [0.4, 0.5) is 0 Å². The summed E-state index contributed by atoms with van der Waals surface area (Å²) in [5.74, 6) is 0.149. The molecule has 1 atom stereocenters. The second kappa shape index (κ2) is 16.9. The van der Waals surface area contributed by atoms with Gasteiger partial charge in [-0.15, -0.1) is 6.58 Å². The first-order valence-corrected chi connectivity index (χ1v) is 17.6. The molecule has 10 nitrogen and oxygen atoms in total. The molecule has 0 saturated heterocycles. The second-order valence-electron chi connectivity index (χ2n) is 11.2. The molecule has 1 aliphatic heterocycles. The number of nitrogens with zero attached hydrogens (tertiary/aromatic N) is 2. The molecule has 51 heavy (non-hydrogen) atoms. The lowest BCUT2D eigenvalue weighted by Gasteiger charge is -2.25. The van der Waals surface area contributed by atoms with Gasteiger partial charge in [0.25, 0.3) is 5.56 Å². The van der Waals surface area contributed by atoms with Gasteiger partial charge in [0.2, 0.25) is 0 Å². The molecule has 4 aromatic rings. The molecule has 0 N–H and O–H groups in total. The normalized spacial score (nSPS) is 14.0. The maximum absolute atomic E-state index is 14.2. The van der Waals surface area contributed by atoms with Gasteiger partial charge in [0.15, 0.2) is 22.9 Å². The number of fused-ring (bicyclic) bond motifs is 1. The Morgan fingerprint density at radius 3 is 2.45 bits per heavy atom. The molecule has 0 bridgehead atoms. The van der Waals surface area contributed by atoms with Crippen molar-refractivity contribution in [3.8, 4) is 17.2 Å². The van der Waals surface area contributed by atoms with Crippen LogP contribution in [-0.2, 0) is 32.1 Å². The number of halogens is 2. The van der Waals surface area contributed by atoms with Crippen molar-refractivity contribution in [2.24, 2.45) is 4.99 Å². The minimum absolute atomic E-state index is 0.136. The van der Waals surface area contributed by atoms with Gasteiger partial charge in [0.05, 0.1) is 52.2 Å². The molecule has 0 saturated carbocycles. The van der Waals surface area contributed by atoms with E-state index in [2.05, 4.69) is 11.6 Å². The van der Waals surface area contributed by atoms with Gasteiger partial charge in [-0.1, -0.05) is 58.8 Å². The largest absolute Gasteiger partial charge is 0.490 e. The summed E-state index contributed by atoms with van der Waals surface area (Å²) in [7, 11) is 1.27. The van der Waals surface area contributed by atoms with Crippen LogP contribution >= 0.6 is 34.5 Å². The number of hydrogen-bond acceptors (Lipinski definition) is 10. The van der Waals surface area contributed by atoms with Crippen molar-refractivity contribution in [3.63, 3.8) is 0 Å². The third-order valence-electron chi connectivity index (χ3n) is 7.80. The van der Waals surface area contributed by atoms with Gasteiger partial charge in [-0.2, -0.15) is 0 Å². The van der Waals surface area contributed by atoms with Crippen LogP contribution in [0.5, 0.6) is 17.2 Å². The van der Waals surface area contributed by atoms with Crippen molar-refractivity contribution in [3.05, 3.63) is 131 Å². The summed E-state index contributed by atoms with van der Waals surface area (Å²) in [6.45, 7) is 9.52. The minimum Gasteiger partial charge on any atom is -0.490 e. The van der Waals surface area contributed by atoms with Crippen molar-refractivity contribution in [1.82, 2.24) is 4.57 Å². The Balaban J connectivity index is 1.56. The van der Waals surface area contributed by atoms with Crippen molar-refractivity contribution >= 4 is 52.6 Å². The quantitative estimate of drug-likeness (QED) is 0.108. The average Bonchev–Trinajstić information content (AvgIpc) is 3.41. The van der Waals surface area contributed by atoms with Gasteiger partial charge in [-0.05, 0) is 91.9 Å². The molecule has 0 aliphatic carbocycles. The summed E-state index contributed by atoms with van der Waals surface area (Å²) < 4.78 is 29.7. The summed E-state index contributed by atoms with van der Waals surface area (Å²) in [4.78, 5) is 44.5. The van der Waals surface area contributed by atoms with Gasteiger partial charge in [-0.25, -0.2) is 14.6 Å². The lowest BCUT2D eigenvalue weighted by Crippen LogP contribution is -2.40. The van der Waals surface area contributed by atoms with Crippen LogP contribution in [0.1, 0.15) is 49.1 Å². The Morgan fingerprint density at radius 1 is 0.961 bits per heavy atom. The molecule has 1 aromatic heterocycles. The van der Waals surface area contributed by atoms with Crippen LogP contribution < -0.4 is 29.1 Å². The van der Waals surface area contributed by atoms with Gasteiger partial charge < -0.3 is 23.7 Å². The predicted molar refractivity (Wildman–Crippen MR) is 197 cm³/mol. The Labute approximate surface area is 308 Å². The smallest absolute Gasteiger partial charge is 0.343 e. The summed E-state index contributed by atoms with van der Waals surface area (Å²) in [6.07, 6.45) is 4.10. The standard InChI is InChI=1S/C38H36Cl2N2O8S/c1-6-9-25-16-23(11-14-29(25)49-20-24-10-13-27(39)28(40)17-24)18-32-36(44)42-35(34(37(45)48-8-3)22(4)41-38(42)51-32)26-12-15-30(31(19-26)47-7-2)50-21-33(43)46-5/h6,10-19,35H,1,7-9,20-21H2,2-5H3/b32-18-/t35-/m1/s1. The summed E-state index contributed by atoms with van der Waals surface area (Å²) in [5, 5.41) is 0.917. The second-order valence-corrected chi connectivity index (χ2v) is 13.0. The molecule has 1 aliphatic rings. The van der Waals surface area contributed by atoms with Crippen molar-refractivity contribution in [1.29, 1.82) is 0 Å². The topological polar surface area (TPSA) is 115 Å². The third kappa shape index (κ3) is 8.56. The fourth-order valence-corrected chi connectivity index (χ4v) is 6.84. The zero-order valence-electron chi connectivity index (χ0n) is 28.5. The number of thiazole rings is 1. The Morgan fingerprint density at radius 2 is 1.75 bits per heavy atom. The van der Waals surface area contributed by atoms with Gasteiger partial charge >= 0.3 is 11.9 Å². The maximum atomic E-state index is 14.2. The summed E-state index contributed by atoms with van der Waals surface area (Å²) in [6, 6.07) is 15.1. The van der Waals surface area contributed by atoms with Crippen LogP contribution in [0, 0.1) is 0 Å². The van der Waals surface area contributed by atoms with Crippen LogP contribution in [0.25, 0.3) is 6.08 Å². The lowest BCUT2D eigenvalue weighted by atomic mass is 9.95. The van der Waals surface area contributed by atoms with E-state index in [0.717, 1.165) is 16.7 Å².